The van der Waals surface area contributed by atoms with Crippen LogP contribution in [0.15, 0.2) is 54.6 Å². The van der Waals surface area contributed by atoms with Gasteiger partial charge >= 0.3 is 0 Å². The summed E-state index contributed by atoms with van der Waals surface area (Å²) < 4.78 is 11.8. The van der Waals surface area contributed by atoms with Gasteiger partial charge < -0.3 is 19.5 Å². The van der Waals surface area contributed by atoms with E-state index in [1.165, 1.54) is 5.56 Å². The molecule has 2 aromatic carbocycles. The highest BCUT2D eigenvalue weighted by atomic mass is 16.7. The summed E-state index contributed by atoms with van der Waals surface area (Å²) in [5.74, 6) is 0. The van der Waals surface area contributed by atoms with Crippen LogP contribution >= 0.6 is 0 Å². The Balaban J connectivity index is 1.87. The van der Waals surface area contributed by atoms with Crippen LogP contribution in [0.2, 0.25) is 0 Å². The first-order valence-corrected chi connectivity index (χ1v) is 8.67. The predicted octanol–water partition coefficient (Wildman–Crippen LogP) is 3.25. The Morgan fingerprint density at radius 2 is 1.64 bits per heavy atom. The summed E-state index contributed by atoms with van der Waals surface area (Å²) in [5, 5.41) is 10.8. The number of hydrogen-bond acceptors (Lipinski definition) is 4. The molecule has 3 rings (SSSR count). The van der Waals surface area contributed by atoms with Crippen LogP contribution in [0.25, 0.3) is 11.1 Å². The molecule has 25 heavy (non-hydrogen) atoms. The van der Waals surface area contributed by atoms with Crippen molar-refractivity contribution in [1.82, 2.24) is 4.90 Å². The second-order valence-electron chi connectivity index (χ2n) is 7.05. The van der Waals surface area contributed by atoms with Crippen LogP contribution in [-0.4, -0.2) is 49.6 Å². The molecule has 4 atom stereocenters. The lowest BCUT2D eigenvalue weighted by Crippen LogP contribution is -2.57. The minimum absolute atomic E-state index is 0.0247. The van der Waals surface area contributed by atoms with Crippen LogP contribution in [0.4, 0.5) is 0 Å². The number of ether oxygens (including phenoxy) is 2. The fraction of sp³-hybridized carbons (Fsp3) is 0.429. The smallest absolute Gasteiger partial charge is 0.173 e. The highest BCUT2D eigenvalue weighted by Crippen LogP contribution is 2.39. The van der Waals surface area contributed by atoms with Crippen molar-refractivity contribution in [2.24, 2.45) is 0 Å². The van der Waals surface area contributed by atoms with Gasteiger partial charge in [0.15, 0.2) is 6.29 Å². The third-order valence-corrected chi connectivity index (χ3v) is 5.24. The van der Waals surface area contributed by atoms with E-state index in [0.717, 1.165) is 11.1 Å². The molecular formula is C21H27NO3. The standard InChI is InChI=1S/C21H27NO3/c1-21(19(23)14-18(22(2)3)20(24-4)25-21)17-12-10-16(11-13-17)15-8-6-5-7-9-15/h5-13,18-20,23H,14H2,1-4H3. The fourth-order valence-electron chi connectivity index (χ4n) is 3.51. The van der Waals surface area contributed by atoms with E-state index in [0.29, 0.717) is 6.42 Å². The van der Waals surface area contributed by atoms with Crippen molar-refractivity contribution in [2.45, 2.75) is 37.4 Å². The van der Waals surface area contributed by atoms with E-state index in [-0.39, 0.29) is 12.3 Å². The van der Waals surface area contributed by atoms with Gasteiger partial charge in [-0.25, -0.2) is 0 Å². The van der Waals surface area contributed by atoms with Gasteiger partial charge in [0.1, 0.15) is 5.60 Å². The van der Waals surface area contributed by atoms with Crippen LogP contribution in [0, 0.1) is 0 Å². The van der Waals surface area contributed by atoms with Crippen molar-refractivity contribution < 1.29 is 14.6 Å². The van der Waals surface area contributed by atoms with Gasteiger partial charge in [0.25, 0.3) is 0 Å². The Morgan fingerprint density at radius 1 is 1.04 bits per heavy atom. The zero-order valence-corrected chi connectivity index (χ0v) is 15.3. The number of hydrogen-bond donors (Lipinski definition) is 1. The molecule has 4 heteroatoms. The largest absolute Gasteiger partial charge is 0.390 e. The molecule has 0 amide bonds. The average Bonchev–Trinajstić information content (AvgIpc) is 2.64. The maximum Gasteiger partial charge on any atom is 0.173 e. The molecule has 1 aliphatic rings. The third kappa shape index (κ3) is 3.48. The topological polar surface area (TPSA) is 41.9 Å². The van der Waals surface area contributed by atoms with Crippen molar-refractivity contribution in [3.63, 3.8) is 0 Å². The lowest BCUT2D eigenvalue weighted by Gasteiger charge is -2.47. The van der Waals surface area contributed by atoms with Crippen molar-refractivity contribution in [3.05, 3.63) is 60.2 Å². The molecule has 2 aromatic rings. The number of likely N-dealkylation sites (N-methyl/N-ethyl adjacent to an activating group) is 1. The summed E-state index contributed by atoms with van der Waals surface area (Å²) in [6, 6.07) is 18.5. The molecule has 4 nitrogen and oxygen atoms in total. The highest BCUT2D eigenvalue weighted by Gasteiger charge is 2.47. The summed E-state index contributed by atoms with van der Waals surface area (Å²) >= 11 is 0. The van der Waals surface area contributed by atoms with Crippen molar-refractivity contribution in [3.8, 4) is 11.1 Å². The second kappa shape index (κ2) is 7.26. The van der Waals surface area contributed by atoms with E-state index in [1.807, 2.05) is 56.3 Å². The molecule has 1 fully saturated rings. The molecule has 0 bridgehead atoms. The zero-order chi connectivity index (χ0) is 18.0. The molecule has 0 aromatic heterocycles. The Labute approximate surface area is 150 Å². The van der Waals surface area contributed by atoms with E-state index >= 15 is 0 Å². The Morgan fingerprint density at radius 3 is 2.20 bits per heavy atom. The minimum atomic E-state index is -0.789. The van der Waals surface area contributed by atoms with Gasteiger partial charge in [0, 0.05) is 7.11 Å². The van der Waals surface area contributed by atoms with Crippen LogP contribution in [0.1, 0.15) is 18.9 Å². The van der Waals surface area contributed by atoms with Gasteiger partial charge in [-0.2, -0.15) is 0 Å². The summed E-state index contributed by atoms with van der Waals surface area (Å²) in [6.45, 7) is 1.94. The van der Waals surface area contributed by atoms with E-state index < -0.39 is 11.7 Å². The maximum absolute atomic E-state index is 10.8. The minimum Gasteiger partial charge on any atom is -0.390 e. The molecular weight excluding hydrogens is 314 g/mol. The first kappa shape index (κ1) is 18.1. The highest BCUT2D eigenvalue weighted by molar-refractivity contribution is 5.63. The number of methoxy groups -OCH3 is 1. The van der Waals surface area contributed by atoms with Crippen molar-refractivity contribution in [1.29, 1.82) is 0 Å². The van der Waals surface area contributed by atoms with E-state index in [9.17, 15) is 5.11 Å². The second-order valence-corrected chi connectivity index (χ2v) is 7.05. The van der Waals surface area contributed by atoms with Crippen LogP contribution in [0.3, 0.4) is 0 Å². The molecule has 1 N–H and O–H groups in total. The molecule has 0 aliphatic carbocycles. The first-order chi connectivity index (χ1) is 12.0. The number of rotatable bonds is 4. The van der Waals surface area contributed by atoms with Crippen LogP contribution < -0.4 is 0 Å². The van der Waals surface area contributed by atoms with E-state index in [1.54, 1.807) is 7.11 Å². The van der Waals surface area contributed by atoms with Crippen molar-refractivity contribution >= 4 is 0 Å². The molecule has 1 heterocycles. The van der Waals surface area contributed by atoms with Gasteiger partial charge in [-0.05, 0) is 44.1 Å². The predicted molar refractivity (Wildman–Crippen MR) is 99.2 cm³/mol. The molecule has 0 saturated carbocycles. The van der Waals surface area contributed by atoms with Gasteiger partial charge in [-0.3, -0.25) is 0 Å². The van der Waals surface area contributed by atoms with Gasteiger partial charge in [0.2, 0.25) is 0 Å². The van der Waals surface area contributed by atoms with E-state index in [4.69, 9.17) is 9.47 Å². The molecule has 0 spiro atoms. The fourth-order valence-corrected chi connectivity index (χ4v) is 3.51. The Kier molecular flexibility index (Phi) is 5.25. The lowest BCUT2D eigenvalue weighted by molar-refractivity contribution is -0.282. The summed E-state index contributed by atoms with van der Waals surface area (Å²) in [7, 11) is 5.60. The molecule has 4 unspecified atom stereocenters. The van der Waals surface area contributed by atoms with Crippen molar-refractivity contribution in [2.75, 3.05) is 21.2 Å². The van der Waals surface area contributed by atoms with Crippen LogP contribution in [0.5, 0.6) is 0 Å². The Hall–Kier alpha value is -1.72. The quantitative estimate of drug-likeness (QED) is 0.927. The van der Waals surface area contributed by atoms with Gasteiger partial charge in [-0.1, -0.05) is 54.6 Å². The number of benzene rings is 2. The number of aliphatic hydroxyl groups is 1. The maximum atomic E-state index is 10.8. The number of nitrogens with zero attached hydrogens (tertiary/aromatic N) is 1. The lowest BCUT2D eigenvalue weighted by atomic mass is 9.83. The molecule has 1 aliphatic heterocycles. The Bertz CT molecular complexity index is 686. The molecule has 134 valence electrons. The number of aliphatic hydroxyl groups excluding tert-OH is 1. The molecule has 0 radical (unpaired) electrons. The van der Waals surface area contributed by atoms with Gasteiger partial charge in [0.05, 0.1) is 12.1 Å². The van der Waals surface area contributed by atoms with Gasteiger partial charge in [-0.15, -0.1) is 0 Å². The molecule has 1 saturated heterocycles. The summed E-state index contributed by atoms with van der Waals surface area (Å²) in [5.41, 5.74) is 2.49. The zero-order valence-electron chi connectivity index (χ0n) is 15.3. The summed E-state index contributed by atoms with van der Waals surface area (Å²) in [4.78, 5) is 2.04. The summed E-state index contributed by atoms with van der Waals surface area (Å²) in [6.07, 6.45) is -0.381. The third-order valence-electron chi connectivity index (χ3n) is 5.24. The average molecular weight is 341 g/mol. The van der Waals surface area contributed by atoms with Crippen LogP contribution in [-0.2, 0) is 15.1 Å². The monoisotopic (exact) mass is 341 g/mol. The first-order valence-electron chi connectivity index (χ1n) is 8.67. The van der Waals surface area contributed by atoms with E-state index in [2.05, 4.69) is 24.3 Å². The normalized spacial score (nSPS) is 29.8. The SMILES string of the molecule is COC1OC(C)(c2ccc(-c3ccccc3)cc2)C(O)CC1N(C)C.